The molecular formula is C13H12ClFN2O. The van der Waals surface area contributed by atoms with E-state index in [-0.39, 0.29) is 12.4 Å². The second-order valence-corrected chi connectivity index (χ2v) is 4.02. The van der Waals surface area contributed by atoms with E-state index in [1.807, 2.05) is 0 Å². The molecule has 1 N–H and O–H groups in total. The maximum Gasteiger partial charge on any atom is 0.132 e. The van der Waals surface area contributed by atoms with E-state index in [0.717, 1.165) is 5.82 Å². The highest BCUT2D eigenvalue weighted by Crippen LogP contribution is 2.19. The van der Waals surface area contributed by atoms with Gasteiger partial charge in [-0.25, -0.2) is 9.37 Å². The number of hydrogen-bond acceptors (Lipinski definition) is 3. The van der Waals surface area contributed by atoms with Crippen molar-refractivity contribution in [3.8, 4) is 5.75 Å². The summed E-state index contributed by atoms with van der Waals surface area (Å²) in [6, 6.07) is 9.34. The molecule has 0 atom stereocenters. The van der Waals surface area contributed by atoms with Crippen molar-refractivity contribution in [3.63, 3.8) is 0 Å². The van der Waals surface area contributed by atoms with Gasteiger partial charge < -0.3 is 10.1 Å². The van der Waals surface area contributed by atoms with Gasteiger partial charge in [0.05, 0.1) is 10.7 Å². The lowest BCUT2D eigenvalue weighted by atomic mass is 10.3. The van der Waals surface area contributed by atoms with Crippen molar-refractivity contribution in [3.05, 3.63) is 52.9 Å². The van der Waals surface area contributed by atoms with E-state index in [1.165, 1.54) is 12.1 Å². The summed E-state index contributed by atoms with van der Waals surface area (Å²) in [6.45, 7) is 0.236. The normalized spacial score (nSPS) is 10.2. The lowest BCUT2D eigenvalue weighted by Gasteiger charge is -2.08. The molecule has 0 amide bonds. The van der Waals surface area contributed by atoms with Crippen LogP contribution >= 0.6 is 11.6 Å². The largest absolute Gasteiger partial charge is 0.487 e. The van der Waals surface area contributed by atoms with Crippen molar-refractivity contribution < 1.29 is 9.13 Å². The molecule has 5 heteroatoms. The molecule has 0 spiro atoms. The summed E-state index contributed by atoms with van der Waals surface area (Å²) in [7, 11) is 1.78. The maximum absolute atomic E-state index is 12.7. The Morgan fingerprint density at radius 1 is 1.22 bits per heavy atom. The van der Waals surface area contributed by atoms with Gasteiger partial charge in [0.15, 0.2) is 0 Å². The molecule has 0 aliphatic carbocycles. The molecule has 0 radical (unpaired) electrons. The Labute approximate surface area is 110 Å². The number of benzene rings is 1. The number of aromatic nitrogens is 1. The minimum atomic E-state index is -0.296. The first-order chi connectivity index (χ1) is 8.69. The lowest BCUT2D eigenvalue weighted by Crippen LogP contribution is -2.02. The molecule has 3 nitrogen and oxygen atoms in total. The quantitative estimate of drug-likeness (QED) is 0.920. The van der Waals surface area contributed by atoms with Crippen LogP contribution in [0.4, 0.5) is 10.2 Å². The summed E-state index contributed by atoms with van der Waals surface area (Å²) >= 11 is 6.01. The first-order valence-electron chi connectivity index (χ1n) is 5.40. The molecule has 0 unspecified atom stereocenters. The first-order valence-corrected chi connectivity index (χ1v) is 5.78. The molecule has 1 aromatic heterocycles. The molecular weight excluding hydrogens is 255 g/mol. The summed E-state index contributed by atoms with van der Waals surface area (Å²) in [4.78, 5) is 4.28. The average Bonchev–Trinajstić information content (AvgIpc) is 2.40. The zero-order chi connectivity index (χ0) is 13.0. The smallest absolute Gasteiger partial charge is 0.132 e. The monoisotopic (exact) mass is 266 g/mol. The molecule has 2 rings (SSSR count). The molecule has 0 fully saturated rings. The standard InChI is InChI=1S/C13H12ClFN2O/c1-16-13-7-6-11(14)12(17-13)8-18-10-4-2-9(15)3-5-10/h2-7H,8H2,1H3,(H,16,17). The Morgan fingerprint density at radius 3 is 2.61 bits per heavy atom. The Balaban J connectivity index is 2.07. The molecule has 0 aliphatic rings. The summed E-state index contributed by atoms with van der Waals surface area (Å²) in [6.07, 6.45) is 0. The van der Waals surface area contributed by atoms with E-state index in [2.05, 4.69) is 10.3 Å². The van der Waals surface area contributed by atoms with Gasteiger partial charge in [-0.05, 0) is 36.4 Å². The summed E-state index contributed by atoms with van der Waals surface area (Å²) in [5, 5.41) is 3.46. The third-order valence-corrected chi connectivity index (χ3v) is 2.71. The van der Waals surface area contributed by atoms with Crippen molar-refractivity contribution >= 4 is 17.4 Å². The third-order valence-electron chi connectivity index (χ3n) is 2.36. The van der Waals surface area contributed by atoms with Gasteiger partial charge in [0, 0.05) is 7.05 Å². The number of hydrogen-bond donors (Lipinski definition) is 1. The fourth-order valence-electron chi connectivity index (χ4n) is 1.41. The van der Waals surface area contributed by atoms with E-state index in [0.29, 0.717) is 16.5 Å². The van der Waals surface area contributed by atoms with E-state index >= 15 is 0 Å². The predicted octanol–water partition coefficient (Wildman–Crippen LogP) is 3.49. The number of nitrogens with zero attached hydrogens (tertiary/aromatic N) is 1. The highest BCUT2D eigenvalue weighted by atomic mass is 35.5. The van der Waals surface area contributed by atoms with Crippen LogP contribution in [0.5, 0.6) is 5.75 Å². The van der Waals surface area contributed by atoms with Crippen LogP contribution in [0.3, 0.4) is 0 Å². The fourth-order valence-corrected chi connectivity index (χ4v) is 1.57. The van der Waals surface area contributed by atoms with Gasteiger partial charge >= 0.3 is 0 Å². The van der Waals surface area contributed by atoms with E-state index in [1.54, 1.807) is 31.3 Å². The second-order valence-electron chi connectivity index (χ2n) is 3.62. The van der Waals surface area contributed by atoms with Crippen molar-refractivity contribution in [2.24, 2.45) is 0 Å². The SMILES string of the molecule is CNc1ccc(Cl)c(COc2ccc(F)cc2)n1. The van der Waals surface area contributed by atoms with Gasteiger partial charge in [-0.15, -0.1) is 0 Å². The summed E-state index contributed by atoms with van der Waals surface area (Å²) in [5.41, 5.74) is 0.632. The predicted molar refractivity (Wildman–Crippen MR) is 69.5 cm³/mol. The summed E-state index contributed by atoms with van der Waals surface area (Å²) in [5.74, 6) is 0.997. The number of nitrogens with one attached hydrogen (secondary N) is 1. The Kier molecular flexibility index (Phi) is 3.99. The van der Waals surface area contributed by atoms with Crippen LogP contribution in [0.1, 0.15) is 5.69 Å². The van der Waals surface area contributed by atoms with Crippen LogP contribution in [0.25, 0.3) is 0 Å². The molecule has 1 aromatic carbocycles. The summed E-state index contributed by atoms with van der Waals surface area (Å²) < 4.78 is 18.2. The fraction of sp³-hybridized carbons (Fsp3) is 0.154. The molecule has 94 valence electrons. The topological polar surface area (TPSA) is 34.1 Å². The Bertz CT molecular complexity index is 531. The minimum Gasteiger partial charge on any atom is -0.487 e. The zero-order valence-corrected chi connectivity index (χ0v) is 10.5. The second kappa shape index (κ2) is 5.69. The molecule has 0 bridgehead atoms. The van der Waals surface area contributed by atoms with Crippen LogP contribution in [0.2, 0.25) is 5.02 Å². The molecule has 0 saturated carbocycles. The molecule has 0 saturated heterocycles. The van der Waals surface area contributed by atoms with E-state index in [9.17, 15) is 4.39 Å². The van der Waals surface area contributed by atoms with Gasteiger partial charge in [0.2, 0.25) is 0 Å². The minimum absolute atomic E-state index is 0.236. The van der Waals surface area contributed by atoms with Crippen LogP contribution in [0.15, 0.2) is 36.4 Å². The molecule has 18 heavy (non-hydrogen) atoms. The zero-order valence-electron chi connectivity index (χ0n) is 9.78. The third kappa shape index (κ3) is 3.11. The number of rotatable bonds is 4. The maximum atomic E-state index is 12.7. The average molecular weight is 267 g/mol. The van der Waals surface area contributed by atoms with Crippen LogP contribution < -0.4 is 10.1 Å². The van der Waals surface area contributed by atoms with E-state index in [4.69, 9.17) is 16.3 Å². The number of pyridine rings is 1. The van der Waals surface area contributed by atoms with Crippen LogP contribution in [-0.2, 0) is 6.61 Å². The van der Waals surface area contributed by atoms with Gasteiger partial charge in [0.1, 0.15) is 24.0 Å². The van der Waals surface area contributed by atoms with Gasteiger partial charge in [0.25, 0.3) is 0 Å². The highest BCUT2D eigenvalue weighted by molar-refractivity contribution is 6.31. The van der Waals surface area contributed by atoms with Crippen LogP contribution in [-0.4, -0.2) is 12.0 Å². The highest BCUT2D eigenvalue weighted by Gasteiger charge is 2.04. The van der Waals surface area contributed by atoms with Crippen molar-refractivity contribution in [2.75, 3.05) is 12.4 Å². The first kappa shape index (κ1) is 12.6. The van der Waals surface area contributed by atoms with Crippen molar-refractivity contribution in [2.45, 2.75) is 6.61 Å². The Hall–Kier alpha value is -1.81. The van der Waals surface area contributed by atoms with Crippen molar-refractivity contribution in [1.82, 2.24) is 4.98 Å². The number of halogens is 2. The number of ether oxygens (including phenoxy) is 1. The molecule has 2 aromatic rings. The molecule has 0 aliphatic heterocycles. The lowest BCUT2D eigenvalue weighted by molar-refractivity contribution is 0.301. The molecule has 1 heterocycles. The van der Waals surface area contributed by atoms with Crippen LogP contribution in [0, 0.1) is 5.82 Å². The number of anilines is 1. The Morgan fingerprint density at radius 2 is 1.94 bits per heavy atom. The van der Waals surface area contributed by atoms with Crippen molar-refractivity contribution in [1.29, 1.82) is 0 Å². The van der Waals surface area contributed by atoms with Gasteiger partial charge in [-0.2, -0.15) is 0 Å². The van der Waals surface area contributed by atoms with Gasteiger partial charge in [-0.1, -0.05) is 11.6 Å². The van der Waals surface area contributed by atoms with Gasteiger partial charge in [-0.3, -0.25) is 0 Å². The van der Waals surface area contributed by atoms with E-state index < -0.39 is 0 Å².